The Morgan fingerprint density at radius 2 is 2.04 bits per heavy atom. The maximum absolute atomic E-state index is 12.2. The molecule has 0 spiro atoms. The molecule has 3 rings (SSSR count). The van der Waals surface area contributed by atoms with Crippen LogP contribution >= 0.6 is 11.8 Å². The number of rotatable bonds is 7. The molecular weight excluding hydrogens is 350 g/mol. The Morgan fingerprint density at radius 3 is 2.81 bits per heavy atom. The summed E-state index contributed by atoms with van der Waals surface area (Å²) < 4.78 is 6.60. The summed E-state index contributed by atoms with van der Waals surface area (Å²) in [6, 6.07) is 13.4. The van der Waals surface area contributed by atoms with E-state index in [0.29, 0.717) is 35.5 Å². The number of ether oxygens (including phenoxy) is 1. The summed E-state index contributed by atoms with van der Waals surface area (Å²) in [7, 11) is 0. The third kappa shape index (κ3) is 4.43. The van der Waals surface area contributed by atoms with Crippen LogP contribution in [-0.4, -0.2) is 33.9 Å². The Morgan fingerprint density at radius 1 is 1.23 bits per heavy atom. The van der Waals surface area contributed by atoms with E-state index in [-0.39, 0.29) is 5.91 Å². The summed E-state index contributed by atoms with van der Waals surface area (Å²) in [5.41, 5.74) is 1.60. The fraction of sp³-hybridized carbons (Fsp3) is 0.211. The van der Waals surface area contributed by atoms with Gasteiger partial charge in [0.1, 0.15) is 5.56 Å². The number of carbonyl (C=O) groups excluding carboxylic acids is 2. The van der Waals surface area contributed by atoms with Gasteiger partial charge in [0, 0.05) is 29.0 Å². The third-order valence-electron chi connectivity index (χ3n) is 3.64. The fourth-order valence-corrected chi connectivity index (χ4v) is 3.30. The topological polar surface area (TPSA) is 72.7 Å². The number of pyridine rings is 1. The van der Waals surface area contributed by atoms with E-state index >= 15 is 0 Å². The number of esters is 1. The molecule has 3 aromatic rings. The molecule has 134 valence electrons. The lowest BCUT2D eigenvalue weighted by Gasteiger charge is -2.06. The molecule has 0 atom stereocenters. The molecule has 7 heteroatoms. The Balaban J connectivity index is 1.62. The number of benzene rings is 1. The van der Waals surface area contributed by atoms with Crippen molar-refractivity contribution in [1.29, 1.82) is 0 Å². The number of hydrogen-bond donors (Lipinski definition) is 1. The van der Waals surface area contributed by atoms with Gasteiger partial charge in [0.2, 0.25) is 5.91 Å². The molecule has 0 saturated heterocycles. The molecule has 6 nitrogen and oxygen atoms in total. The van der Waals surface area contributed by atoms with Gasteiger partial charge in [-0.15, -0.1) is 11.8 Å². The van der Waals surface area contributed by atoms with E-state index in [9.17, 15) is 9.59 Å². The van der Waals surface area contributed by atoms with Crippen molar-refractivity contribution in [1.82, 2.24) is 9.61 Å². The third-order valence-corrected chi connectivity index (χ3v) is 4.66. The number of amides is 1. The number of nitrogens with zero attached hydrogens (tertiary/aromatic N) is 2. The van der Waals surface area contributed by atoms with Gasteiger partial charge in [0.25, 0.3) is 0 Å². The molecule has 0 fully saturated rings. The van der Waals surface area contributed by atoms with E-state index in [1.165, 1.54) is 6.20 Å². The number of anilines is 1. The highest BCUT2D eigenvalue weighted by molar-refractivity contribution is 7.99. The SMILES string of the molecule is CCOC(=O)c1cnn2ccc(NC(=O)CCSc3ccccc3)cc12. The van der Waals surface area contributed by atoms with Crippen molar-refractivity contribution in [3.8, 4) is 0 Å². The van der Waals surface area contributed by atoms with Crippen LogP contribution in [0.15, 0.2) is 59.8 Å². The number of carbonyl (C=O) groups is 2. The zero-order chi connectivity index (χ0) is 18.4. The Hall–Kier alpha value is -2.80. The predicted octanol–water partition coefficient (Wildman–Crippen LogP) is 3.63. The number of hydrogen-bond acceptors (Lipinski definition) is 5. The molecule has 0 saturated carbocycles. The molecule has 0 aliphatic heterocycles. The maximum atomic E-state index is 12.2. The van der Waals surface area contributed by atoms with Gasteiger partial charge in [0.15, 0.2) is 0 Å². The van der Waals surface area contributed by atoms with Gasteiger partial charge in [-0.3, -0.25) is 4.79 Å². The van der Waals surface area contributed by atoms with Gasteiger partial charge in [-0.05, 0) is 31.2 Å². The highest BCUT2D eigenvalue weighted by Crippen LogP contribution is 2.19. The van der Waals surface area contributed by atoms with E-state index in [0.717, 1.165) is 4.90 Å². The van der Waals surface area contributed by atoms with Gasteiger partial charge < -0.3 is 10.1 Å². The summed E-state index contributed by atoms with van der Waals surface area (Å²) >= 11 is 1.64. The first-order chi connectivity index (χ1) is 12.7. The molecule has 1 aromatic carbocycles. The summed E-state index contributed by atoms with van der Waals surface area (Å²) in [6.07, 6.45) is 3.57. The zero-order valence-corrected chi connectivity index (χ0v) is 15.2. The normalized spacial score (nSPS) is 10.7. The highest BCUT2D eigenvalue weighted by atomic mass is 32.2. The van der Waals surface area contributed by atoms with Crippen molar-refractivity contribution in [3.05, 3.63) is 60.4 Å². The molecule has 0 aliphatic rings. The van der Waals surface area contributed by atoms with Gasteiger partial charge in [0.05, 0.1) is 18.3 Å². The van der Waals surface area contributed by atoms with Crippen molar-refractivity contribution < 1.29 is 14.3 Å². The first-order valence-corrected chi connectivity index (χ1v) is 9.28. The van der Waals surface area contributed by atoms with Crippen LogP contribution in [0.5, 0.6) is 0 Å². The van der Waals surface area contributed by atoms with Crippen molar-refractivity contribution in [3.63, 3.8) is 0 Å². The van der Waals surface area contributed by atoms with Crippen LogP contribution in [0.2, 0.25) is 0 Å². The lowest BCUT2D eigenvalue weighted by atomic mass is 10.2. The van der Waals surface area contributed by atoms with Crippen LogP contribution in [0, 0.1) is 0 Å². The minimum atomic E-state index is -0.426. The van der Waals surface area contributed by atoms with Crippen LogP contribution in [0.25, 0.3) is 5.52 Å². The second kappa shape index (κ2) is 8.53. The summed E-state index contributed by atoms with van der Waals surface area (Å²) in [4.78, 5) is 25.3. The first kappa shape index (κ1) is 18.0. The van der Waals surface area contributed by atoms with Crippen molar-refractivity contribution in [2.24, 2.45) is 0 Å². The second-order valence-electron chi connectivity index (χ2n) is 5.48. The zero-order valence-electron chi connectivity index (χ0n) is 14.3. The maximum Gasteiger partial charge on any atom is 0.341 e. The van der Waals surface area contributed by atoms with Crippen LogP contribution < -0.4 is 5.32 Å². The van der Waals surface area contributed by atoms with E-state index in [1.54, 1.807) is 41.5 Å². The lowest BCUT2D eigenvalue weighted by Crippen LogP contribution is -2.12. The average Bonchev–Trinajstić information content (AvgIpc) is 3.06. The number of fused-ring (bicyclic) bond motifs is 1. The van der Waals surface area contributed by atoms with Gasteiger partial charge in [-0.2, -0.15) is 5.10 Å². The molecule has 0 aliphatic carbocycles. The lowest BCUT2D eigenvalue weighted by molar-refractivity contribution is -0.115. The van der Waals surface area contributed by atoms with Crippen LogP contribution in [0.1, 0.15) is 23.7 Å². The van der Waals surface area contributed by atoms with Gasteiger partial charge in [-0.1, -0.05) is 18.2 Å². The molecule has 26 heavy (non-hydrogen) atoms. The Bertz CT molecular complexity index is 909. The Labute approximate surface area is 155 Å². The molecule has 2 heterocycles. The highest BCUT2D eigenvalue weighted by Gasteiger charge is 2.14. The standard InChI is InChI=1S/C19H19N3O3S/c1-2-25-19(24)16-13-20-22-10-8-14(12-17(16)22)21-18(23)9-11-26-15-6-4-3-5-7-15/h3-8,10,12-13H,2,9,11H2,1H3,(H,21,23). The molecule has 0 radical (unpaired) electrons. The average molecular weight is 369 g/mol. The number of aromatic nitrogens is 2. The fourth-order valence-electron chi connectivity index (χ4n) is 2.43. The summed E-state index contributed by atoms with van der Waals surface area (Å²) in [5.74, 6) is 0.194. The largest absolute Gasteiger partial charge is 0.462 e. The monoisotopic (exact) mass is 369 g/mol. The molecular formula is C19H19N3O3S. The van der Waals surface area contributed by atoms with E-state index in [1.807, 2.05) is 30.3 Å². The second-order valence-corrected chi connectivity index (χ2v) is 6.65. The van der Waals surface area contributed by atoms with Gasteiger partial charge >= 0.3 is 5.97 Å². The van der Waals surface area contributed by atoms with E-state index < -0.39 is 5.97 Å². The van der Waals surface area contributed by atoms with E-state index in [2.05, 4.69) is 10.4 Å². The first-order valence-electron chi connectivity index (χ1n) is 8.29. The minimum absolute atomic E-state index is 0.0741. The quantitative estimate of drug-likeness (QED) is 0.508. The predicted molar refractivity (Wildman–Crippen MR) is 102 cm³/mol. The van der Waals surface area contributed by atoms with Crippen molar-refractivity contribution in [2.45, 2.75) is 18.2 Å². The number of nitrogens with one attached hydrogen (secondary N) is 1. The summed E-state index contributed by atoms with van der Waals surface area (Å²) in [6.45, 7) is 2.05. The van der Waals surface area contributed by atoms with Crippen LogP contribution in [0.4, 0.5) is 5.69 Å². The minimum Gasteiger partial charge on any atom is -0.462 e. The molecule has 1 amide bonds. The molecule has 0 unspecified atom stereocenters. The smallest absolute Gasteiger partial charge is 0.341 e. The Kier molecular flexibility index (Phi) is 5.91. The molecule has 0 bridgehead atoms. The van der Waals surface area contributed by atoms with Crippen molar-refractivity contribution >= 4 is 34.8 Å². The van der Waals surface area contributed by atoms with Crippen LogP contribution in [0.3, 0.4) is 0 Å². The van der Waals surface area contributed by atoms with E-state index in [4.69, 9.17) is 4.74 Å². The molecule has 1 N–H and O–H groups in total. The molecule has 2 aromatic heterocycles. The summed E-state index contributed by atoms with van der Waals surface area (Å²) in [5, 5.41) is 6.99. The van der Waals surface area contributed by atoms with Crippen LogP contribution in [-0.2, 0) is 9.53 Å². The van der Waals surface area contributed by atoms with Gasteiger partial charge in [-0.25, -0.2) is 9.31 Å². The van der Waals surface area contributed by atoms with Crippen molar-refractivity contribution in [2.75, 3.05) is 17.7 Å². The number of thioether (sulfide) groups is 1.